The van der Waals surface area contributed by atoms with Crippen LogP contribution in [0.3, 0.4) is 0 Å². The van der Waals surface area contributed by atoms with Gasteiger partial charge in [0.2, 0.25) is 0 Å². The van der Waals surface area contributed by atoms with Crippen molar-refractivity contribution in [2.45, 2.75) is 6.17 Å². The second kappa shape index (κ2) is 2.73. The molecule has 0 aromatic carbocycles. The zero-order valence-corrected chi connectivity index (χ0v) is 5.78. The third-order valence-electron chi connectivity index (χ3n) is 1.11. The van der Waals surface area contributed by atoms with Crippen LogP contribution in [0.2, 0.25) is 0 Å². The minimum absolute atomic E-state index is 0.153. The molecule has 0 aromatic rings. The van der Waals surface area contributed by atoms with Gasteiger partial charge in [-0.3, -0.25) is 9.98 Å². The molecular formula is C6H11N3. The molecule has 0 unspecified atom stereocenters. The Balaban J connectivity index is 2.29. The van der Waals surface area contributed by atoms with Gasteiger partial charge >= 0.3 is 0 Å². The number of rotatable bonds is 2. The summed E-state index contributed by atoms with van der Waals surface area (Å²) in [5, 5.41) is 0. The molecule has 0 amide bonds. The molecule has 3 heteroatoms. The van der Waals surface area contributed by atoms with Crippen LogP contribution < -0.4 is 0 Å². The summed E-state index contributed by atoms with van der Waals surface area (Å²) in [4.78, 5) is 10.2. The summed E-state index contributed by atoms with van der Waals surface area (Å²) in [5.74, 6) is 0. The van der Waals surface area contributed by atoms with Crippen LogP contribution in [0.25, 0.3) is 0 Å². The third-order valence-corrected chi connectivity index (χ3v) is 1.11. The van der Waals surface area contributed by atoms with Gasteiger partial charge in [0.05, 0.1) is 0 Å². The first-order valence-electron chi connectivity index (χ1n) is 2.99. The molecule has 0 aliphatic carbocycles. The van der Waals surface area contributed by atoms with Gasteiger partial charge in [0, 0.05) is 19.0 Å². The van der Waals surface area contributed by atoms with Crippen molar-refractivity contribution in [3.8, 4) is 0 Å². The fourth-order valence-corrected chi connectivity index (χ4v) is 0.735. The highest BCUT2D eigenvalue weighted by molar-refractivity contribution is 6.17. The van der Waals surface area contributed by atoms with Crippen LogP contribution in [0.15, 0.2) is 9.98 Å². The molecule has 3 nitrogen and oxygen atoms in total. The Bertz CT molecular complexity index is 125. The summed E-state index contributed by atoms with van der Waals surface area (Å²) in [7, 11) is 4.03. The van der Waals surface area contributed by atoms with E-state index in [1.807, 2.05) is 14.1 Å². The maximum atomic E-state index is 4.09. The lowest BCUT2D eigenvalue weighted by Gasteiger charge is -2.10. The van der Waals surface area contributed by atoms with Crippen molar-refractivity contribution in [2.24, 2.45) is 9.98 Å². The molecule has 50 valence electrons. The Morgan fingerprint density at radius 3 is 2.33 bits per heavy atom. The van der Waals surface area contributed by atoms with E-state index in [4.69, 9.17) is 0 Å². The van der Waals surface area contributed by atoms with Crippen LogP contribution in [-0.4, -0.2) is 44.1 Å². The molecule has 0 saturated carbocycles. The molecule has 0 atom stereocenters. The smallest absolute Gasteiger partial charge is 0.152 e. The van der Waals surface area contributed by atoms with Crippen molar-refractivity contribution in [3.05, 3.63) is 0 Å². The van der Waals surface area contributed by atoms with Crippen LogP contribution >= 0.6 is 0 Å². The Hall–Kier alpha value is -0.700. The largest absolute Gasteiger partial charge is 0.305 e. The molecule has 0 spiro atoms. The molecule has 1 heterocycles. The van der Waals surface area contributed by atoms with Gasteiger partial charge in [-0.05, 0) is 14.1 Å². The van der Waals surface area contributed by atoms with Gasteiger partial charge in [0.25, 0.3) is 0 Å². The van der Waals surface area contributed by atoms with E-state index in [0.29, 0.717) is 0 Å². The van der Waals surface area contributed by atoms with E-state index < -0.39 is 0 Å². The van der Waals surface area contributed by atoms with Gasteiger partial charge in [-0.2, -0.15) is 0 Å². The van der Waals surface area contributed by atoms with Gasteiger partial charge in [0.15, 0.2) is 6.17 Å². The van der Waals surface area contributed by atoms with E-state index in [-0.39, 0.29) is 6.17 Å². The first-order chi connectivity index (χ1) is 4.29. The van der Waals surface area contributed by atoms with Crippen LogP contribution in [-0.2, 0) is 0 Å². The summed E-state index contributed by atoms with van der Waals surface area (Å²) in [5.41, 5.74) is 0. The molecule has 1 aliphatic rings. The fraction of sp³-hybridized carbons (Fsp3) is 0.667. The molecule has 0 saturated heterocycles. The zero-order chi connectivity index (χ0) is 6.69. The van der Waals surface area contributed by atoms with Crippen molar-refractivity contribution in [2.75, 3.05) is 20.6 Å². The van der Waals surface area contributed by atoms with Crippen LogP contribution in [0, 0.1) is 0 Å². The van der Waals surface area contributed by atoms with Gasteiger partial charge in [0.1, 0.15) is 0 Å². The predicted octanol–water partition coefficient (Wildman–Crippen LogP) is 0.0293. The minimum Gasteiger partial charge on any atom is -0.305 e. The lowest BCUT2D eigenvalue weighted by molar-refractivity contribution is 0.381. The highest BCUT2D eigenvalue weighted by Crippen LogP contribution is 1.96. The van der Waals surface area contributed by atoms with E-state index in [2.05, 4.69) is 14.9 Å². The number of nitrogens with zero attached hydrogens (tertiary/aromatic N) is 3. The van der Waals surface area contributed by atoms with E-state index in [0.717, 1.165) is 6.54 Å². The third kappa shape index (κ3) is 1.93. The lowest BCUT2D eigenvalue weighted by Crippen LogP contribution is -2.21. The topological polar surface area (TPSA) is 28.0 Å². The Morgan fingerprint density at radius 2 is 1.89 bits per heavy atom. The van der Waals surface area contributed by atoms with E-state index in [1.54, 1.807) is 12.4 Å². The van der Waals surface area contributed by atoms with Crippen LogP contribution in [0.4, 0.5) is 0 Å². The van der Waals surface area contributed by atoms with Crippen LogP contribution in [0.1, 0.15) is 0 Å². The number of hydrogen-bond donors (Lipinski definition) is 0. The summed E-state index contributed by atoms with van der Waals surface area (Å²) in [6.07, 6.45) is 3.64. The summed E-state index contributed by atoms with van der Waals surface area (Å²) < 4.78 is 0. The van der Waals surface area contributed by atoms with E-state index in [1.165, 1.54) is 0 Å². The van der Waals surface area contributed by atoms with Crippen molar-refractivity contribution in [3.63, 3.8) is 0 Å². The second-order valence-corrected chi connectivity index (χ2v) is 2.34. The number of hydrogen-bond acceptors (Lipinski definition) is 3. The molecule has 0 bridgehead atoms. The average molecular weight is 125 g/mol. The maximum absolute atomic E-state index is 4.09. The molecule has 0 radical (unpaired) electrons. The SMILES string of the molecule is CN(C)CC1N=CC=N1. The first kappa shape index (κ1) is 6.42. The summed E-state index contributed by atoms with van der Waals surface area (Å²) in [6.45, 7) is 0.910. The Labute approximate surface area is 55.1 Å². The van der Waals surface area contributed by atoms with Crippen molar-refractivity contribution in [1.82, 2.24) is 4.90 Å². The minimum atomic E-state index is 0.153. The normalized spacial score (nSPS) is 18.1. The number of aliphatic imine (C=N–C) groups is 2. The standard InChI is InChI=1S/C6H11N3/c1-9(2)5-6-7-3-4-8-6/h3-4,6H,5H2,1-2H3. The van der Waals surface area contributed by atoms with Crippen molar-refractivity contribution in [1.29, 1.82) is 0 Å². The molecule has 0 aromatic heterocycles. The summed E-state index contributed by atoms with van der Waals surface area (Å²) in [6, 6.07) is 0. The van der Waals surface area contributed by atoms with Crippen molar-refractivity contribution >= 4 is 12.4 Å². The molecule has 0 fully saturated rings. The van der Waals surface area contributed by atoms with E-state index >= 15 is 0 Å². The first-order valence-corrected chi connectivity index (χ1v) is 2.99. The van der Waals surface area contributed by atoms with E-state index in [9.17, 15) is 0 Å². The lowest BCUT2D eigenvalue weighted by atomic mass is 10.5. The molecule has 1 rings (SSSR count). The molecule has 1 aliphatic heterocycles. The van der Waals surface area contributed by atoms with Gasteiger partial charge in [-0.1, -0.05) is 0 Å². The second-order valence-electron chi connectivity index (χ2n) is 2.34. The average Bonchev–Trinajstić information content (AvgIpc) is 2.15. The monoisotopic (exact) mass is 125 g/mol. The highest BCUT2D eigenvalue weighted by atomic mass is 15.1. The Morgan fingerprint density at radius 1 is 1.33 bits per heavy atom. The predicted molar refractivity (Wildman–Crippen MR) is 39.3 cm³/mol. The van der Waals surface area contributed by atoms with Gasteiger partial charge in [-0.15, -0.1) is 0 Å². The maximum Gasteiger partial charge on any atom is 0.152 e. The quantitative estimate of drug-likeness (QED) is 0.511. The van der Waals surface area contributed by atoms with Gasteiger partial charge in [-0.25, -0.2) is 0 Å². The van der Waals surface area contributed by atoms with Crippen molar-refractivity contribution < 1.29 is 0 Å². The highest BCUT2D eigenvalue weighted by Gasteiger charge is 2.05. The molecular weight excluding hydrogens is 114 g/mol. The fourth-order valence-electron chi connectivity index (χ4n) is 0.735. The molecule has 9 heavy (non-hydrogen) atoms. The summed E-state index contributed by atoms with van der Waals surface area (Å²) >= 11 is 0. The van der Waals surface area contributed by atoms with Crippen LogP contribution in [0.5, 0.6) is 0 Å². The Kier molecular flexibility index (Phi) is 1.95. The zero-order valence-electron chi connectivity index (χ0n) is 5.78. The number of likely N-dealkylation sites (N-methyl/N-ethyl adjacent to an activating group) is 1. The molecule has 0 N–H and O–H groups in total. The van der Waals surface area contributed by atoms with Gasteiger partial charge < -0.3 is 4.90 Å².